The molecule has 0 spiro atoms. The average molecular weight is 298 g/mol. The molecule has 2 aliphatic rings. The Kier molecular flexibility index (Phi) is 3.49. The van der Waals surface area contributed by atoms with Crippen molar-refractivity contribution in [3.63, 3.8) is 0 Å². The third-order valence-corrected chi connectivity index (χ3v) is 4.88. The summed E-state index contributed by atoms with van der Waals surface area (Å²) in [5.74, 6) is -1.29. The number of allylic oxidation sites excluding steroid dienone is 3. The zero-order chi connectivity index (χ0) is 15.9. The average Bonchev–Trinajstić information content (AvgIpc) is 3.05. The van der Waals surface area contributed by atoms with Crippen LogP contribution in [0.3, 0.4) is 0 Å². The van der Waals surface area contributed by atoms with Crippen LogP contribution in [-0.4, -0.2) is 33.9 Å². The maximum absolute atomic E-state index is 12.9. The molecule has 1 aromatic rings. The van der Waals surface area contributed by atoms with Crippen LogP contribution < -0.4 is 0 Å². The number of carboxylic acid groups (broad SMARTS) is 1. The van der Waals surface area contributed by atoms with E-state index in [0.29, 0.717) is 28.7 Å². The van der Waals surface area contributed by atoms with E-state index < -0.39 is 11.9 Å². The van der Waals surface area contributed by atoms with Gasteiger partial charge in [-0.25, -0.2) is 0 Å². The van der Waals surface area contributed by atoms with Gasteiger partial charge in [0.05, 0.1) is 12.6 Å². The molecule has 1 fully saturated rings. The molecule has 2 aliphatic heterocycles. The molecule has 3 rings (SSSR count). The Hall–Kier alpha value is -2.20. The second-order valence-electron chi connectivity index (χ2n) is 6.20. The molecule has 114 valence electrons. The standard InChI is InChI=1S/C18H19NO3/c1-12(2)19-11-10-14(18(21)22)15(19)8-9-16(19)17(20)13-6-4-3-5-7-13/h3-9,12,14H,10-11H2,1-2H3/p+1. The summed E-state index contributed by atoms with van der Waals surface area (Å²) in [5.41, 5.74) is 2.20. The molecule has 1 aromatic carbocycles. The van der Waals surface area contributed by atoms with E-state index in [4.69, 9.17) is 0 Å². The molecule has 4 nitrogen and oxygen atoms in total. The van der Waals surface area contributed by atoms with Crippen LogP contribution in [0.4, 0.5) is 0 Å². The molecule has 0 radical (unpaired) electrons. The van der Waals surface area contributed by atoms with Crippen LogP contribution in [0.5, 0.6) is 0 Å². The highest BCUT2D eigenvalue weighted by atomic mass is 16.4. The fourth-order valence-corrected chi connectivity index (χ4v) is 3.77. The van der Waals surface area contributed by atoms with E-state index in [1.807, 2.05) is 42.5 Å². The minimum atomic E-state index is -0.797. The van der Waals surface area contributed by atoms with E-state index in [1.165, 1.54) is 0 Å². The summed E-state index contributed by atoms with van der Waals surface area (Å²) in [4.78, 5) is 24.4. The number of aliphatic carboxylic acids is 1. The maximum atomic E-state index is 12.9. The highest BCUT2D eigenvalue weighted by Crippen LogP contribution is 2.46. The number of hydrogen-bond donors (Lipinski definition) is 1. The molecule has 0 aliphatic carbocycles. The number of nitrogens with zero attached hydrogens (tertiary/aromatic N) is 1. The quantitative estimate of drug-likeness (QED) is 0.687. The molecule has 0 saturated carbocycles. The molecule has 2 heterocycles. The van der Waals surface area contributed by atoms with E-state index in [1.54, 1.807) is 0 Å². The lowest BCUT2D eigenvalue weighted by Gasteiger charge is -2.37. The lowest BCUT2D eigenvalue weighted by Crippen LogP contribution is -2.49. The maximum Gasteiger partial charge on any atom is 0.316 e. The summed E-state index contributed by atoms with van der Waals surface area (Å²) < 4.78 is 0.394. The smallest absolute Gasteiger partial charge is 0.316 e. The third-order valence-electron chi connectivity index (χ3n) is 4.88. The van der Waals surface area contributed by atoms with Gasteiger partial charge >= 0.3 is 5.97 Å². The Morgan fingerprint density at radius 2 is 1.86 bits per heavy atom. The Labute approximate surface area is 130 Å². The number of benzene rings is 1. The first-order chi connectivity index (χ1) is 10.5. The van der Waals surface area contributed by atoms with Gasteiger partial charge in [-0.15, -0.1) is 0 Å². The summed E-state index contributed by atoms with van der Waals surface area (Å²) in [5, 5.41) is 9.44. The highest BCUT2D eigenvalue weighted by Gasteiger charge is 2.55. The van der Waals surface area contributed by atoms with Crippen molar-refractivity contribution in [1.29, 1.82) is 0 Å². The third kappa shape index (κ3) is 1.95. The van der Waals surface area contributed by atoms with Crippen molar-refractivity contribution in [3.8, 4) is 0 Å². The van der Waals surface area contributed by atoms with E-state index >= 15 is 0 Å². The van der Waals surface area contributed by atoms with Gasteiger partial charge < -0.3 is 5.11 Å². The van der Waals surface area contributed by atoms with Crippen molar-refractivity contribution in [1.82, 2.24) is 0 Å². The van der Waals surface area contributed by atoms with E-state index in [-0.39, 0.29) is 11.8 Å². The van der Waals surface area contributed by atoms with Crippen LogP contribution in [0.15, 0.2) is 53.9 Å². The van der Waals surface area contributed by atoms with Gasteiger partial charge in [0.15, 0.2) is 5.70 Å². The normalized spacial score (nSPS) is 26.6. The number of carboxylic acids is 1. The lowest BCUT2D eigenvalue weighted by atomic mass is 10.0. The summed E-state index contributed by atoms with van der Waals surface area (Å²) in [6, 6.07) is 9.33. The molecule has 1 N–H and O–H groups in total. The molecule has 4 heteroatoms. The van der Waals surface area contributed by atoms with Crippen molar-refractivity contribution in [2.75, 3.05) is 6.54 Å². The van der Waals surface area contributed by atoms with Crippen LogP contribution in [0.1, 0.15) is 30.6 Å². The van der Waals surface area contributed by atoms with Gasteiger partial charge in [-0.2, -0.15) is 0 Å². The number of carbonyl (C=O) groups is 2. The number of fused-ring (bicyclic) bond motifs is 1. The minimum absolute atomic E-state index is 0.00779. The number of rotatable bonds is 4. The number of quaternary nitrogens is 1. The minimum Gasteiger partial charge on any atom is -0.481 e. The molecule has 1 saturated heterocycles. The van der Waals surface area contributed by atoms with Gasteiger partial charge in [0, 0.05) is 24.1 Å². The zero-order valence-corrected chi connectivity index (χ0v) is 12.8. The van der Waals surface area contributed by atoms with Gasteiger partial charge in [-0.1, -0.05) is 30.3 Å². The molecule has 0 amide bonds. The van der Waals surface area contributed by atoms with Gasteiger partial charge in [0.1, 0.15) is 11.6 Å². The largest absolute Gasteiger partial charge is 0.481 e. The molecule has 2 unspecified atom stereocenters. The predicted molar refractivity (Wildman–Crippen MR) is 82.9 cm³/mol. The molecule has 22 heavy (non-hydrogen) atoms. The fraction of sp³-hybridized carbons (Fsp3) is 0.333. The predicted octanol–water partition coefficient (Wildman–Crippen LogP) is 2.98. The Morgan fingerprint density at radius 1 is 1.18 bits per heavy atom. The van der Waals surface area contributed by atoms with Crippen molar-refractivity contribution in [2.45, 2.75) is 26.3 Å². The Morgan fingerprint density at radius 3 is 2.45 bits per heavy atom. The fourth-order valence-electron chi connectivity index (χ4n) is 3.77. The first kappa shape index (κ1) is 14.7. The number of Topliss-reactive ketones (excluding diaryl/α,β-unsaturated/α-hetero) is 1. The molecular formula is C18H20NO3+. The van der Waals surface area contributed by atoms with Gasteiger partial charge in [0.2, 0.25) is 5.78 Å². The molecule has 0 bridgehead atoms. The summed E-state index contributed by atoms with van der Waals surface area (Å²) >= 11 is 0. The Bertz CT molecular complexity index is 688. The topological polar surface area (TPSA) is 54.4 Å². The van der Waals surface area contributed by atoms with Crippen LogP contribution >= 0.6 is 0 Å². The van der Waals surface area contributed by atoms with Gasteiger partial charge in [0.25, 0.3) is 0 Å². The molecule has 2 atom stereocenters. The van der Waals surface area contributed by atoms with Gasteiger partial charge in [-0.3, -0.25) is 14.1 Å². The SMILES string of the molecule is CC(C)[N+]12CCC(C(=O)O)C1=CC=C2C(=O)c1ccccc1. The van der Waals surface area contributed by atoms with E-state index in [0.717, 1.165) is 5.70 Å². The number of carbonyl (C=O) groups excluding carboxylic acids is 1. The van der Waals surface area contributed by atoms with Crippen molar-refractivity contribution < 1.29 is 19.2 Å². The molecule has 0 aromatic heterocycles. The lowest BCUT2D eigenvalue weighted by molar-refractivity contribution is -0.860. The second kappa shape index (κ2) is 5.21. The zero-order valence-electron chi connectivity index (χ0n) is 12.8. The first-order valence-electron chi connectivity index (χ1n) is 7.62. The first-order valence-corrected chi connectivity index (χ1v) is 7.62. The van der Waals surface area contributed by atoms with Crippen LogP contribution in [0, 0.1) is 5.92 Å². The van der Waals surface area contributed by atoms with Gasteiger partial charge in [-0.05, 0) is 13.8 Å². The highest BCUT2D eigenvalue weighted by molar-refractivity contribution is 6.07. The van der Waals surface area contributed by atoms with E-state index in [2.05, 4.69) is 13.8 Å². The summed E-state index contributed by atoms with van der Waals surface area (Å²) in [6.07, 6.45) is 4.25. The monoisotopic (exact) mass is 298 g/mol. The van der Waals surface area contributed by atoms with Crippen LogP contribution in [-0.2, 0) is 4.79 Å². The summed E-state index contributed by atoms with van der Waals surface area (Å²) in [7, 11) is 0. The summed E-state index contributed by atoms with van der Waals surface area (Å²) in [6.45, 7) is 4.77. The van der Waals surface area contributed by atoms with Crippen molar-refractivity contribution >= 4 is 11.8 Å². The van der Waals surface area contributed by atoms with Crippen molar-refractivity contribution in [3.05, 3.63) is 59.4 Å². The Balaban J connectivity index is 2.02. The number of hydrogen-bond acceptors (Lipinski definition) is 2. The van der Waals surface area contributed by atoms with E-state index in [9.17, 15) is 14.7 Å². The number of ketones is 1. The van der Waals surface area contributed by atoms with Crippen LogP contribution in [0.2, 0.25) is 0 Å². The van der Waals surface area contributed by atoms with Crippen molar-refractivity contribution in [2.24, 2.45) is 5.92 Å². The molecular weight excluding hydrogens is 278 g/mol. The van der Waals surface area contributed by atoms with Crippen LogP contribution in [0.25, 0.3) is 0 Å². The second-order valence-corrected chi connectivity index (χ2v) is 6.20.